The Kier molecular flexibility index (Phi) is 5.66. The number of pyridine rings is 1. The largest absolute Gasteiger partial charge is 0.493 e. The first-order valence-electron chi connectivity index (χ1n) is 9.21. The monoisotopic (exact) mass is 402 g/mol. The van der Waals surface area contributed by atoms with Crippen molar-refractivity contribution in [2.75, 3.05) is 7.11 Å². The van der Waals surface area contributed by atoms with Crippen molar-refractivity contribution in [1.82, 2.24) is 20.0 Å². The molecule has 152 valence electrons. The van der Waals surface area contributed by atoms with Crippen LogP contribution < -0.4 is 9.47 Å². The summed E-state index contributed by atoms with van der Waals surface area (Å²) >= 11 is 0. The molecule has 1 aliphatic rings. The minimum atomic E-state index is -2.93. The van der Waals surface area contributed by atoms with E-state index in [9.17, 15) is 8.78 Å². The number of aromatic nitrogens is 3. The van der Waals surface area contributed by atoms with Gasteiger partial charge in [-0.15, -0.1) is 0 Å². The number of hydrogen-bond acceptors (Lipinski definition) is 7. The molecular formula is C20H20F2N4O3. The summed E-state index contributed by atoms with van der Waals surface area (Å²) in [6, 6.07) is 8.98. The van der Waals surface area contributed by atoms with Crippen LogP contribution in [0.1, 0.15) is 24.3 Å². The summed E-state index contributed by atoms with van der Waals surface area (Å²) in [5.41, 5.74) is 1.71. The van der Waals surface area contributed by atoms with Crippen molar-refractivity contribution in [1.29, 1.82) is 0 Å². The minimum absolute atomic E-state index is 0.0497. The molecule has 1 fully saturated rings. The van der Waals surface area contributed by atoms with Crippen LogP contribution in [0.15, 0.2) is 47.2 Å². The van der Waals surface area contributed by atoms with E-state index < -0.39 is 6.61 Å². The van der Waals surface area contributed by atoms with Gasteiger partial charge in [0.05, 0.1) is 13.7 Å². The molecule has 0 spiro atoms. The standard InChI is InChI=1S/C20H20F2N4O3/c1-27-17-9-14(4-7-16(17)28-20(21)22)19-24-18(29-25-19)12-26(15-5-6-15)11-13-3-2-8-23-10-13/h2-4,7-10,15,20H,5-6,11-12H2,1H3. The molecule has 0 N–H and O–H groups in total. The lowest BCUT2D eigenvalue weighted by molar-refractivity contribution is -0.0512. The van der Waals surface area contributed by atoms with Crippen LogP contribution >= 0.6 is 0 Å². The van der Waals surface area contributed by atoms with Gasteiger partial charge in [0.15, 0.2) is 11.5 Å². The molecule has 7 nitrogen and oxygen atoms in total. The topological polar surface area (TPSA) is 73.5 Å². The smallest absolute Gasteiger partial charge is 0.387 e. The third-order valence-electron chi connectivity index (χ3n) is 4.62. The van der Waals surface area contributed by atoms with Gasteiger partial charge in [0.25, 0.3) is 0 Å². The molecule has 0 amide bonds. The predicted molar refractivity (Wildman–Crippen MR) is 99.4 cm³/mol. The lowest BCUT2D eigenvalue weighted by Gasteiger charge is -2.19. The molecule has 3 aromatic rings. The van der Waals surface area contributed by atoms with Crippen molar-refractivity contribution < 1.29 is 22.8 Å². The number of halogens is 2. The summed E-state index contributed by atoms with van der Waals surface area (Å²) in [6.45, 7) is -1.65. The number of rotatable bonds is 9. The Morgan fingerprint density at radius 2 is 2.07 bits per heavy atom. The molecule has 0 aliphatic heterocycles. The van der Waals surface area contributed by atoms with Crippen molar-refractivity contribution in [2.24, 2.45) is 0 Å². The fourth-order valence-corrected chi connectivity index (χ4v) is 3.09. The van der Waals surface area contributed by atoms with Gasteiger partial charge in [0.2, 0.25) is 11.7 Å². The van der Waals surface area contributed by atoms with Gasteiger partial charge in [-0.3, -0.25) is 9.88 Å². The van der Waals surface area contributed by atoms with E-state index in [0.717, 1.165) is 24.9 Å². The lowest BCUT2D eigenvalue weighted by atomic mass is 10.2. The third-order valence-corrected chi connectivity index (χ3v) is 4.62. The number of methoxy groups -OCH3 is 1. The zero-order valence-electron chi connectivity index (χ0n) is 15.8. The van der Waals surface area contributed by atoms with Crippen LogP contribution in [0.5, 0.6) is 11.5 Å². The average Bonchev–Trinajstić information content (AvgIpc) is 3.47. The highest BCUT2D eigenvalue weighted by Crippen LogP contribution is 2.33. The molecule has 0 bridgehead atoms. The molecule has 2 aromatic heterocycles. The van der Waals surface area contributed by atoms with Gasteiger partial charge >= 0.3 is 6.61 Å². The summed E-state index contributed by atoms with van der Waals surface area (Å²) in [5, 5.41) is 4.02. The van der Waals surface area contributed by atoms with Crippen LogP contribution in [-0.4, -0.2) is 39.8 Å². The fraction of sp³-hybridized carbons (Fsp3) is 0.350. The number of alkyl halides is 2. The first-order valence-corrected chi connectivity index (χ1v) is 9.21. The van der Waals surface area contributed by atoms with Crippen LogP contribution in [0.25, 0.3) is 11.4 Å². The molecule has 4 rings (SSSR count). The number of hydrogen-bond donors (Lipinski definition) is 0. The third kappa shape index (κ3) is 4.86. The Labute approximate surface area is 166 Å². The normalized spacial score (nSPS) is 13.8. The van der Waals surface area contributed by atoms with Gasteiger partial charge in [-0.25, -0.2) is 0 Å². The second-order valence-corrected chi connectivity index (χ2v) is 6.75. The van der Waals surface area contributed by atoms with Crippen LogP contribution in [0.2, 0.25) is 0 Å². The maximum Gasteiger partial charge on any atom is 0.387 e. The highest BCUT2D eigenvalue weighted by Gasteiger charge is 2.30. The van der Waals surface area contributed by atoms with Crippen molar-refractivity contribution >= 4 is 0 Å². The highest BCUT2D eigenvalue weighted by molar-refractivity contribution is 5.60. The van der Waals surface area contributed by atoms with Crippen molar-refractivity contribution in [3.8, 4) is 22.9 Å². The van der Waals surface area contributed by atoms with Crippen molar-refractivity contribution in [2.45, 2.75) is 38.6 Å². The van der Waals surface area contributed by atoms with Gasteiger partial charge in [-0.2, -0.15) is 13.8 Å². The van der Waals surface area contributed by atoms with E-state index in [1.165, 1.54) is 13.2 Å². The van der Waals surface area contributed by atoms with E-state index in [-0.39, 0.29) is 11.5 Å². The second kappa shape index (κ2) is 8.52. The lowest BCUT2D eigenvalue weighted by Crippen LogP contribution is -2.25. The van der Waals surface area contributed by atoms with E-state index >= 15 is 0 Å². The van der Waals surface area contributed by atoms with E-state index in [0.29, 0.717) is 29.9 Å². The molecular weight excluding hydrogens is 382 g/mol. The Balaban J connectivity index is 1.49. The molecule has 1 aromatic carbocycles. The molecule has 9 heteroatoms. The van der Waals surface area contributed by atoms with Crippen molar-refractivity contribution in [3.63, 3.8) is 0 Å². The van der Waals surface area contributed by atoms with Crippen molar-refractivity contribution in [3.05, 3.63) is 54.2 Å². The molecule has 1 aliphatic carbocycles. The van der Waals surface area contributed by atoms with Crippen LogP contribution in [0.4, 0.5) is 8.78 Å². The Morgan fingerprint density at radius 1 is 1.21 bits per heavy atom. The van der Waals surface area contributed by atoms with Gasteiger partial charge in [-0.05, 0) is 42.7 Å². The average molecular weight is 402 g/mol. The van der Waals surface area contributed by atoms with Gasteiger partial charge < -0.3 is 14.0 Å². The van der Waals surface area contributed by atoms with E-state index in [1.807, 2.05) is 18.3 Å². The molecule has 0 atom stereocenters. The van der Waals surface area contributed by atoms with Gasteiger partial charge in [0, 0.05) is 30.5 Å². The molecule has 2 heterocycles. The molecule has 0 radical (unpaired) electrons. The van der Waals surface area contributed by atoms with Crippen LogP contribution in [0, 0.1) is 0 Å². The van der Waals surface area contributed by atoms with Gasteiger partial charge in [-0.1, -0.05) is 11.2 Å². The highest BCUT2D eigenvalue weighted by atomic mass is 19.3. The summed E-state index contributed by atoms with van der Waals surface area (Å²) < 4.78 is 40.0. The second-order valence-electron chi connectivity index (χ2n) is 6.75. The summed E-state index contributed by atoms with van der Waals surface area (Å²) in [7, 11) is 1.38. The fourth-order valence-electron chi connectivity index (χ4n) is 3.09. The maximum atomic E-state index is 12.5. The van der Waals surface area contributed by atoms with Gasteiger partial charge in [0.1, 0.15) is 0 Å². The van der Waals surface area contributed by atoms with E-state index in [1.54, 1.807) is 18.3 Å². The van der Waals surface area contributed by atoms with E-state index in [4.69, 9.17) is 9.26 Å². The zero-order valence-corrected chi connectivity index (χ0v) is 15.8. The van der Waals surface area contributed by atoms with Crippen LogP contribution in [0.3, 0.4) is 0 Å². The minimum Gasteiger partial charge on any atom is -0.493 e. The summed E-state index contributed by atoms with van der Waals surface area (Å²) in [6.07, 6.45) is 5.89. The summed E-state index contributed by atoms with van der Waals surface area (Å²) in [4.78, 5) is 10.9. The number of ether oxygens (including phenoxy) is 2. The number of benzene rings is 1. The van der Waals surface area contributed by atoms with Crippen LogP contribution in [-0.2, 0) is 13.1 Å². The maximum absolute atomic E-state index is 12.5. The Bertz CT molecular complexity index is 948. The Hall–Kier alpha value is -3.07. The first kappa shape index (κ1) is 19.3. The molecule has 1 saturated carbocycles. The first-order chi connectivity index (χ1) is 14.1. The SMILES string of the molecule is COc1cc(-c2noc(CN(Cc3cccnc3)C3CC3)n2)ccc1OC(F)F. The van der Waals surface area contributed by atoms with E-state index in [2.05, 4.69) is 24.8 Å². The molecule has 29 heavy (non-hydrogen) atoms. The predicted octanol–water partition coefficient (Wildman–Crippen LogP) is 3.91. The quantitative estimate of drug-likeness (QED) is 0.537. The molecule has 0 unspecified atom stereocenters. The molecule has 0 saturated heterocycles. The Morgan fingerprint density at radius 3 is 2.76 bits per heavy atom. The zero-order chi connectivity index (χ0) is 20.2. The summed E-state index contributed by atoms with van der Waals surface area (Å²) in [5.74, 6) is 0.971. The number of nitrogens with zero attached hydrogens (tertiary/aromatic N) is 4.